The standard InChI is InChI=1S/C95H94/c1-7-9-11-13-15-17-19-21-23-33-51-95(52-34-24-22-20-18-16-14-12-10-8-2)87-57-75-73-53-79-81(91-67-41-31-27-37-63(67)45-49-71(91)69-47-43-61-35-25-29-39-65(61)89(69)79)59-85(73)93(3,4)83(75)55-77(87)78-56-84-76(58-88(78)95)74-54-80-82(60-86(74)94(84,5)6)92-68-42-32-28-38-64(68)46-50-72(92)70-48-44-62-36-26-30-40-66(62)90(70)80/h25-32,35-50,53-60H,7-24,33-34,51-52H2,1-6H3. The molecule has 0 bridgehead atoms. The normalized spacial score (nSPS) is 14.8. The van der Waals surface area contributed by atoms with Gasteiger partial charge < -0.3 is 0 Å². The first-order chi connectivity index (χ1) is 46.6. The van der Waals surface area contributed by atoms with Crippen LogP contribution in [0.25, 0.3) is 141 Å². The number of hydrogen-bond donors (Lipinski definition) is 0. The first-order valence-electron chi connectivity index (χ1n) is 37.4. The molecule has 0 atom stereocenters. The molecule has 474 valence electrons. The molecule has 0 radical (unpaired) electrons. The van der Waals surface area contributed by atoms with Crippen LogP contribution in [-0.4, -0.2) is 0 Å². The van der Waals surface area contributed by atoms with Crippen LogP contribution < -0.4 is 0 Å². The van der Waals surface area contributed by atoms with Crippen LogP contribution in [0.15, 0.2) is 194 Å². The predicted octanol–water partition coefficient (Wildman–Crippen LogP) is 28.7. The summed E-state index contributed by atoms with van der Waals surface area (Å²) in [5, 5.41) is 27.0. The van der Waals surface area contributed by atoms with Crippen LogP contribution in [0.1, 0.15) is 216 Å². The van der Waals surface area contributed by atoms with Crippen molar-refractivity contribution in [1.29, 1.82) is 0 Å². The second-order valence-corrected chi connectivity index (χ2v) is 30.8. The van der Waals surface area contributed by atoms with E-state index in [0.717, 1.165) is 0 Å². The summed E-state index contributed by atoms with van der Waals surface area (Å²) in [5.74, 6) is 0. The van der Waals surface area contributed by atoms with E-state index in [0.29, 0.717) is 0 Å². The van der Waals surface area contributed by atoms with Gasteiger partial charge in [0, 0.05) is 16.2 Å². The second-order valence-electron chi connectivity index (χ2n) is 30.8. The van der Waals surface area contributed by atoms with Crippen molar-refractivity contribution < 1.29 is 0 Å². The van der Waals surface area contributed by atoms with Gasteiger partial charge in [0.1, 0.15) is 0 Å². The Morgan fingerprint density at radius 2 is 0.453 bits per heavy atom. The van der Waals surface area contributed by atoms with Gasteiger partial charge in [0.2, 0.25) is 0 Å². The largest absolute Gasteiger partial charge is 0.0654 e. The molecule has 0 heteroatoms. The van der Waals surface area contributed by atoms with Gasteiger partial charge in [-0.25, -0.2) is 0 Å². The van der Waals surface area contributed by atoms with E-state index >= 15 is 0 Å². The summed E-state index contributed by atoms with van der Waals surface area (Å²) < 4.78 is 0. The molecule has 0 nitrogen and oxygen atoms in total. The Morgan fingerprint density at radius 1 is 0.211 bits per heavy atom. The number of unbranched alkanes of at least 4 members (excludes halogenated alkanes) is 18. The molecule has 3 aliphatic rings. The van der Waals surface area contributed by atoms with Gasteiger partial charge in [-0.2, -0.15) is 0 Å². The van der Waals surface area contributed by atoms with E-state index in [1.54, 1.807) is 11.1 Å². The van der Waals surface area contributed by atoms with E-state index in [-0.39, 0.29) is 16.2 Å². The van der Waals surface area contributed by atoms with Crippen molar-refractivity contribution in [3.05, 3.63) is 228 Å². The summed E-state index contributed by atoms with van der Waals surface area (Å²) in [5.41, 5.74) is 17.3. The van der Waals surface area contributed by atoms with E-state index in [4.69, 9.17) is 0 Å². The lowest BCUT2D eigenvalue weighted by Crippen LogP contribution is -2.26. The molecule has 0 aromatic heterocycles. The Bertz CT molecular complexity index is 5070. The van der Waals surface area contributed by atoms with E-state index in [9.17, 15) is 0 Å². The molecule has 0 unspecified atom stereocenters. The van der Waals surface area contributed by atoms with E-state index in [2.05, 4.69) is 236 Å². The zero-order chi connectivity index (χ0) is 64.2. The van der Waals surface area contributed by atoms with E-state index in [1.165, 1.54) is 305 Å². The third-order valence-electron chi connectivity index (χ3n) is 24.5. The maximum absolute atomic E-state index is 2.83. The smallest absolute Gasteiger partial charge is 0.0215 e. The summed E-state index contributed by atoms with van der Waals surface area (Å²) in [6, 6.07) is 77.6. The van der Waals surface area contributed by atoms with Gasteiger partial charge in [0.25, 0.3) is 0 Å². The highest BCUT2D eigenvalue weighted by Crippen LogP contribution is 2.63. The summed E-state index contributed by atoms with van der Waals surface area (Å²) in [7, 11) is 0. The van der Waals surface area contributed by atoms with Crippen molar-refractivity contribution in [3.63, 3.8) is 0 Å². The van der Waals surface area contributed by atoms with Crippen molar-refractivity contribution in [2.45, 2.75) is 199 Å². The average molecular weight is 1240 g/mol. The quantitative estimate of drug-likeness (QED) is 0.0469. The summed E-state index contributed by atoms with van der Waals surface area (Å²) >= 11 is 0. The zero-order valence-corrected chi connectivity index (χ0v) is 57.5. The van der Waals surface area contributed by atoms with Gasteiger partial charge in [0.15, 0.2) is 0 Å². The average Bonchev–Trinajstić information content (AvgIpc) is 1.59. The minimum absolute atomic E-state index is 0.126. The van der Waals surface area contributed by atoms with Crippen LogP contribution in [0.3, 0.4) is 0 Å². The molecule has 3 aliphatic carbocycles. The van der Waals surface area contributed by atoms with Crippen LogP contribution in [-0.2, 0) is 16.2 Å². The maximum Gasteiger partial charge on any atom is 0.0215 e. The Morgan fingerprint density at radius 3 is 0.768 bits per heavy atom. The fourth-order valence-electron chi connectivity index (χ4n) is 19.5. The van der Waals surface area contributed by atoms with Gasteiger partial charge >= 0.3 is 0 Å². The number of benzene rings is 14. The van der Waals surface area contributed by atoms with Gasteiger partial charge in [-0.3, -0.25) is 0 Å². The van der Waals surface area contributed by atoms with Crippen LogP contribution in [0.2, 0.25) is 0 Å². The lowest BCUT2D eigenvalue weighted by molar-refractivity contribution is 0.397. The van der Waals surface area contributed by atoms with Gasteiger partial charge in [0.05, 0.1) is 0 Å². The molecule has 14 aromatic carbocycles. The third kappa shape index (κ3) is 9.62. The van der Waals surface area contributed by atoms with Crippen molar-refractivity contribution in [2.24, 2.45) is 0 Å². The first kappa shape index (κ1) is 60.4. The van der Waals surface area contributed by atoms with Crippen molar-refractivity contribution in [2.75, 3.05) is 0 Å². The molecule has 0 N–H and O–H groups in total. The van der Waals surface area contributed by atoms with Crippen LogP contribution in [0, 0.1) is 0 Å². The molecule has 0 heterocycles. The Hall–Kier alpha value is -8.32. The van der Waals surface area contributed by atoms with Crippen LogP contribution in [0.4, 0.5) is 0 Å². The molecule has 14 aromatic rings. The summed E-state index contributed by atoms with van der Waals surface area (Å²) in [6.07, 6.45) is 29.3. The molecular weight excluding hydrogens is 1140 g/mol. The highest BCUT2D eigenvalue weighted by atomic mass is 14.5. The van der Waals surface area contributed by atoms with Crippen LogP contribution in [0.5, 0.6) is 0 Å². The number of rotatable bonds is 22. The summed E-state index contributed by atoms with van der Waals surface area (Å²) in [4.78, 5) is 0. The number of hydrogen-bond acceptors (Lipinski definition) is 0. The monoisotopic (exact) mass is 1230 g/mol. The van der Waals surface area contributed by atoms with Crippen LogP contribution >= 0.6 is 0 Å². The zero-order valence-electron chi connectivity index (χ0n) is 57.5. The number of fused-ring (bicyclic) bond motifs is 29. The lowest BCUT2D eigenvalue weighted by atomic mass is 9.69. The Labute approximate surface area is 564 Å². The molecule has 0 saturated heterocycles. The SMILES string of the molecule is CCCCCCCCCCCCC1(CCCCCCCCCCCC)c2cc3c(cc2-c2cc4c(cc21)-c1cc2c(cc1C4(C)C)c1c4ccccc4ccc1c1ccc4ccccc4c12)C(C)(C)c1cc2c(cc1-3)c1c3ccccc3ccc1c1ccc3ccccc3c12. The van der Waals surface area contributed by atoms with Crippen molar-refractivity contribution in [1.82, 2.24) is 0 Å². The molecular formula is C95H94. The third-order valence-corrected chi connectivity index (χ3v) is 24.5. The fraction of sp³-hybridized carbons (Fsp3) is 0.326. The van der Waals surface area contributed by atoms with Gasteiger partial charge in [-0.05, 0) is 236 Å². The molecule has 17 rings (SSSR count). The highest BCUT2D eigenvalue weighted by Gasteiger charge is 2.48. The maximum atomic E-state index is 2.83. The van der Waals surface area contributed by atoms with Gasteiger partial charge in [-0.1, -0.05) is 316 Å². The molecule has 0 saturated carbocycles. The fourth-order valence-corrected chi connectivity index (χ4v) is 19.5. The highest BCUT2D eigenvalue weighted by molar-refractivity contribution is 6.37. The molecule has 0 amide bonds. The molecule has 95 heavy (non-hydrogen) atoms. The lowest BCUT2D eigenvalue weighted by Gasteiger charge is -2.34. The Kier molecular flexibility index (Phi) is 15.3. The minimum Gasteiger partial charge on any atom is -0.0654 e. The Balaban J connectivity index is 0.875. The second kappa shape index (κ2) is 24.1. The topological polar surface area (TPSA) is 0 Å². The molecule has 0 fully saturated rings. The van der Waals surface area contributed by atoms with E-state index < -0.39 is 0 Å². The van der Waals surface area contributed by atoms with Gasteiger partial charge in [-0.15, -0.1) is 0 Å². The molecule has 0 aliphatic heterocycles. The predicted molar refractivity (Wildman–Crippen MR) is 416 cm³/mol. The first-order valence-corrected chi connectivity index (χ1v) is 37.4. The van der Waals surface area contributed by atoms with Crippen molar-refractivity contribution in [3.8, 4) is 33.4 Å². The minimum atomic E-state index is -0.233. The summed E-state index contributed by atoms with van der Waals surface area (Å²) in [6.45, 7) is 14.9. The molecule has 0 spiro atoms. The van der Waals surface area contributed by atoms with Crippen molar-refractivity contribution >= 4 is 108 Å². The van der Waals surface area contributed by atoms with E-state index in [1.807, 2.05) is 0 Å².